The highest BCUT2D eigenvalue weighted by molar-refractivity contribution is 6.29. The number of anilines is 2. The zero-order chi connectivity index (χ0) is 12.1. The highest BCUT2D eigenvalue weighted by Gasteiger charge is 2.02. The summed E-state index contributed by atoms with van der Waals surface area (Å²) in [7, 11) is 1.68. The molecule has 1 aromatic heterocycles. The van der Waals surface area contributed by atoms with Gasteiger partial charge in [0.15, 0.2) is 0 Å². The molecule has 0 spiro atoms. The minimum atomic E-state index is 0.472. The number of hydrogen-bond acceptors (Lipinski definition) is 3. The fourth-order valence-corrected chi connectivity index (χ4v) is 1.73. The van der Waals surface area contributed by atoms with Crippen LogP contribution in [-0.2, 0) is 11.3 Å². The number of halogens is 1. The number of hydrogen-bond donors (Lipinski definition) is 1. The van der Waals surface area contributed by atoms with Gasteiger partial charge < -0.3 is 10.1 Å². The maximum atomic E-state index is 5.84. The molecule has 0 atom stereocenters. The SMILES string of the molecule is COCc1ccccc1Nc1ccnc(Cl)c1. The van der Waals surface area contributed by atoms with Crippen LogP contribution in [0, 0.1) is 0 Å². The van der Waals surface area contributed by atoms with E-state index in [1.54, 1.807) is 19.4 Å². The molecule has 88 valence electrons. The maximum absolute atomic E-state index is 5.84. The Morgan fingerprint density at radius 2 is 2.12 bits per heavy atom. The van der Waals surface area contributed by atoms with Crippen LogP contribution in [0.3, 0.4) is 0 Å². The van der Waals surface area contributed by atoms with E-state index in [4.69, 9.17) is 16.3 Å². The van der Waals surface area contributed by atoms with Crippen LogP contribution in [0.25, 0.3) is 0 Å². The van der Waals surface area contributed by atoms with Crippen molar-refractivity contribution < 1.29 is 4.74 Å². The van der Waals surface area contributed by atoms with Gasteiger partial charge in [0.1, 0.15) is 5.15 Å². The van der Waals surface area contributed by atoms with Crippen molar-refractivity contribution in [2.45, 2.75) is 6.61 Å². The molecule has 1 N–H and O–H groups in total. The molecular weight excluding hydrogens is 236 g/mol. The number of methoxy groups -OCH3 is 1. The molecule has 2 aromatic rings. The van der Waals surface area contributed by atoms with Crippen molar-refractivity contribution >= 4 is 23.0 Å². The molecule has 1 aromatic carbocycles. The standard InChI is InChI=1S/C13H13ClN2O/c1-17-9-10-4-2-3-5-12(10)16-11-6-7-15-13(14)8-11/h2-8H,9H2,1H3,(H,15,16). The lowest BCUT2D eigenvalue weighted by molar-refractivity contribution is 0.185. The summed E-state index contributed by atoms with van der Waals surface area (Å²) in [6.45, 7) is 0.571. The molecule has 0 saturated heterocycles. The molecule has 0 aliphatic carbocycles. The van der Waals surface area contributed by atoms with Crippen molar-refractivity contribution in [1.82, 2.24) is 4.98 Å². The summed E-state index contributed by atoms with van der Waals surface area (Å²) in [4.78, 5) is 3.94. The highest BCUT2D eigenvalue weighted by atomic mass is 35.5. The average molecular weight is 249 g/mol. The van der Waals surface area contributed by atoms with Crippen LogP contribution in [-0.4, -0.2) is 12.1 Å². The summed E-state index contributed by atoms with van der Waals surface area (Å²) in [6.07, 6.45) is 1.67. The fraction of sp³-hybridized carbons (Fsp3) is 0.154. The number of nitrogens with zero attached hydrogens (tertiary/aromatic N) is 1. The number of benzene rings is 1. The number of nitrogens with one attached hydrogen (secondary N) is 1. The Morgan fingerprint density at radius 3 is 2.88 bits per heavy atom. The zero-order valence-electron chi connectivity index (χ0n) is 9.48. The Morgan fingerprint density at radius 1 is 1.29 bits per heavy atom. The molecule has 1 heterocycles. The van der Waals surface area contributed by atoms with E-state index in [1.165, 1.54) is 0 Å². The largest absolute Gasteiger partial charge is 0.380 e. The van der Waals surface area contributed by atoms with Gasteiger partial charge in [0.25, 0.3) is 0 Å². The topological polar surface area (TPSA) is 34.1 Å². The van der Waals surface area contributed by atoms with Crippen LogP contribution in [0.2, 0.25) is 5.15 Å². The Kier molecular flexibility index (Phi) is 3.96. The first-order valence-corrected chi connectivity index (χ1v) is 5.63. The van der Waals surface area contributed by atoms with Crippen LogP contribution in [0.4, 0.5) is 11.4 Å². The minimum Gasteiger partial charge on any atom is -0.380 e. The van der Waals surface area contributed by atoms with Crippen molar-refractivity contribution in [3.05, 3.63) is 53.3 Å². The van der Waals surface area contributed by atoms with Gasteiger partial charge in [-0.15, -0.1) is 0 Å². The summed E-state index contributed by atoms with van der Waals surface area (Å²) in [5, 5.41) is 3.77. The van der Waals surface area contributed by atoms with Gasteiger partial charge in [0.05, 0.1) is 6.61 Å². The molecule has 0 unspecified atom stereocenters. The van der Waals surface area contributed by atoms with E-state index >= 15 is 0 Å². The van der Waals surface area contributed by atoms with Gasteiger partial charge in [-0.25, -0.2) is 4.98 Å². The molecule has 3 nitrogen and oxygen atoms in total. The number of ether oxygens (including phenoxy) is 1. The van der Waals surface area contributed by atoms with E-state index in [2.05, 4.69) is 10.3 Å². The van der Waals surface area contributed by atoms with Crippen molar-refractivity contribution in [2.24, 2.45) is 0 Å². The van der Waals surface area contributed by atoms with Crippen molar-refractivity contribution in [1.29, 1.82) is 0 Å². The van der Waals surface area contributed by atoms with Gasteiger partial charge >= 0.3 is 0 Å². The Bertz CT molecular complexity index is 502. The molecule has 0 bridgehead atoms. The second-order valence-electron chi connectivity index (χ2n) is 3.58. The lowest BCUT2D eigenvalue weighted by Gasteiger charge is -2.11. The monoisotopic (exact) mass is 248 g/mol. The second-order valence-corrected chi connectivity index (χ2v) is 3.97. The predicted molar refractivity (Wildman–Crippen MR) is 69.7 cm³/mol. The van der Waals surface area contributed by atoms with Crippen LogP contribution >= 0.6 is 11.6 Å². The highest BCUT2D eigenvalue weighted by Crippen LogP contribution is 2.22. The van der Waals surface area contributed by atoms with Gasteiger partial charge in [-0.3, -0.25) is 0 Å². The van der Waals surface area contributed by atoms with Crippen molar-refractivity contribution in [2.75, 3.05) is 12.4 Å². The maximum Gasteiger partial charge on any atom is 0.131 e. The van der Waals surface area contributed by atoms with Gasteiger partial charge in [-0.1, -0.05) is 29.8 Å². The number of rotatable bonds is 4. The van der Waals surface area contributed by atoms with Crippen LogP contribution in [0.1, 0.15) is 5.56 Å². The molecule has 0 radical (unpaired) electrons. The second kappa shape index (κ2) is 5.66. The molecule has 0 saturated carbocycles. The van der Waals surface area contributed by atoms with Crippen molar-refractivity contribution in [3.8, 4) is 0 Å². The molecular formula is C13H13ClN2O. The Hall–Kier alpha value is -1.58. The number of para-hydroxylation sites is 1. The fourth-order valence-electron chi connectivity index (χ4n) is 1.56. The van der Waals surface area contributed by atoms with E-state index in [0.717, 1.165) is 16.9 Å². The van der Waals surface area contributed by atoms with Gasteiger partial charge in [0, 0.05) is 30.2 Å². The molecule has 17 heavy (non-hydrogen) atoms. The van der Waals surface area contributed by atoms with Crippen LogP contribution in [0.5, 0.6) is 0 Å². The van der Waals surface area contributed by atoms with Crippen LogP contribution < -0.4 is 5.32 Å². The zero-order valence-corrected chi connectivity index (χ0v) is 10.2. The third-order valence-corrected chi connectivity index (χ3v) is 2.53. The van der Waals surface area contributed by atoms with E-state index < -0.39 is 0 Å². The lowest BCUT2D eigenvalue weighted by atomic mass is 10.2. The lowest BCUT2D eigenvalue weighted by Crippen LogP contribution is -1.97. The smallest absolute Gasteiger partial charge is 0.131 e. The molecule has 0 aliphatic heterocycles. The van der Waals surface area contributed by atoms with Gasteiger partial charge in [-0.05, 0) is 18.2 Å². The summed E-state index contributed by atoms with van der Waals surface area (Å²) < 4.78 is 5.15. The van der Waals surface area contributed by atoms with E-state index in [-0.39, 0.29) is 0 Å². The summed E-state index contributed by atoms with van der Waals surface area (Å²) in [5.41, 5.74) is 3.02. The predicted octanol–water partition coefficient (Wildman–Crippen LogP) is 3.63. The van der Waals surface area contributed by atoms with Gasteiger partial charge in [0.2, 0.25) is 0 Å². The molecule has 0 fully saturated rings. The first kappa shape index (κ1) is 11.9. The quantitative estimate of drug-likeness (QED) is 0.839. The van der Waals surface area contributed by atoms with E-state index in [0.29, 0.717) is 11.8 Å². The third-order valence-electron chi connectivity index (χ3n) is 2.32. The third kappa shape index (κ3) is 3.19. The number of aromatic nitrogens is 1. The summed E-state index contributed by atoms with van der Waals surface area (Å²) in [5.74, 6) is 0. The first-order valence-electron chi connectivity index (χ1n) is 5.25. The molecule has 0 aliphatic rings. The normalized spacial score (nSPS) is 10.2. The summed E-state index contributed by atoms with van der Waals surface area (Å²) in [6, 6.07) is 11.6. The van der Waals surface area contributed by atoms with E-state index in [9.17, 15) is 0 Å². The Labute approximate surface area is 105 Å². The molecule has 2 rings (SSSR count). The van der Waals surface area contributed by atoms with E-state index in [1.807, 2.05) is 30.3 Å². The van der Waals surface area contributed by atoms with Gasteiger partial charge in [-0.2, -0.15) is 0 Å². The average Bonchev–Trinajstić information content (AvgIpc) is 2.32. The van der Waals surface area contributed by atoms with Crippen molar-refractivity contribution in [3.63, 3.8) is 0 Å². The van der Waals surface area contributed by atoms with Crippen LogP contribution in [0.15, 0.2) is 42.6 Å². The summed E-state index contributed by atoms with van der Waals surface area (Å²) >= 11 is 5.84. The molecule has 4 heteroatoms. The Balaban J connectivity index is 2.23. The number of pyridine rings is 1. The molecule has 0 amide bonds. The first-order chi connectivity index (χ1) is 8.29. The minimum absolute atomic E-state index is 0.472.